The van der Waals surface area contributed by atoms with Gasteiger partial charge >= 0.3 is 5.97 Å². The Bertz CT molecular complexity index is 663. The zero-order valence-electron chi connectivity index (χ0n) is 12.3. The minimum Gasteiger partial charge on any atom is -0.318 e. The second-order valence-electron chi connectivity index (χ2n) is 4.78. The normalized spacial score (nSPS) is 11.9. The molecular weight excluding hydrogens is 302 g/mol. The lowest BCUT2D eigenvalue weighted by molar-refractivity contribution is -0.140. The van der Waals surface area contributed by atoms with Gasteiger partial charge in [0.25, 0.3) is 0 Å². The zero-order chi connectivity index (χ0) is 15.2. The van der Waals surface area contributed by atoms with Gasteiger partial charge in [0.1, 0.15) is 0 Å². The summed E-state index contributed by atoms with van der Waals surface area (Å²) in [4.78, 5) is 16.9. The molecule has 0 amide bonds. The average molecular weight is 320 g/mol. The molecule has 0 N–H and O–H groups in total. The topological polar surface area (TPSA) is 38.7 Å². The highest BCUT2D eigenvalue weighted by Crippen LogP contribution is 2.29. The van der Waals surface area contributed by atoms with Crippen LogP contribution in [0.2, 0.25) is 0 Å². The summed E-state index contributed by atoms with van der Waals surface area (Å²) in [5, 5.41) is 7.21. The van der Waals surface area contributed by atoms with Crippen molar-refractivity contribution in [2.24, 2.45) is 5.16 Å². The van der Waals surface area contributed by atoms with Crippen molar-refractivity contribution in [1.29, 1.82) is 0 Å². The highest BCUT2D eigenvalue weighted by atomic mass is 32.2. The van der Waals surface area contributed by atoms with Crippen LogP contribution in [0.5, 0.6) is 0 Å². The van der Waals surface area contributed by atoms with Crippen LogP contribution in [-0.2, 0) is 20.5 Å². The summed E-state index contributed by atoms with van der Waals surface area (Å²) in [6.45, 7) is 1.36. The van der Waals surface area contributed by atoms with Gasteiger partial charge in [-0.3, -0.25) is 0 Å². The van der Waals surface area contributed by atoms with E-state index in [-0.39, 0.29) is 10.9 Å². The summed E-state index contributed by atoms with van der Waals surface area (Å²) in [6.07, 6.45) is 4.29. The fraction of sp³-hybridized carbons (Fsp3) is 0.250. The quantitative estimate of drug-likeness (QED) is 0.215. The van der Waals surface area contributed by atoms with Crippen molar-refractivity contribution in [3.63, 3.8) is 0 Å². The molecule has 0 aromatic heterocycles. The highest BCUT2D eigenvalue weighted by Gasteiger charge is 2.14. The third-order valence-electron chi connectivity index (χ3n) is 2.67. The second-order valence-corrected chi connectivity index (χ2v) is 8.15. The monoisotopic (exact) mass is 320 g/mol. The molecule has 0 bridgehead atoms. The Hall–Kier alpha value is -1.46. The molecule has 5 heteroatoms. The Morgan fingerprint density at radius 2 is 1.90 bits per heavy atom. The predicted molar refractivity (Wildman–Crippen MR) is 93.1 cm³/mol. The summed E-state index contributed by atoms with van der Waals surface area (Å²) in [5.74, 6) is 0.416. The van der Waals surface area contributed by atoms with Crippen LogP contribution in [0.3, 0.4) is 0 Å². The van der Waals surface area contributed by atoms with E-state index >= 15 is 0 Å². The number of hydrogen-bond donors (Lipinski definition) is 0. The van der Waals surface area contributed by atoms with Crippen LogP contribution in [0.15, 0.2) is 52.5 Å². The number of oxime groups is 1. The van der Waals surface area contributed by atoms with Gasteiger partial charge in [-0.15, -0.1) is 0 Å². The Labute approximate surface area is 132 Å². The molecule has 0 fully saturated rings. The molecule has 0 spiro atoms. The maximum Gasteiger partial charge on any atom is 0.332 e. The fourth-order valence-corrected chi connectivity index (χ4v) is 4.11. The van der Waals surface area contributed by atoms with Crippen molar-refractivity contribution in [2.75, 3.05) is 18.3 Å². The fourth-order valence-electron chi connectivity index (χ4n) is 1.85. The molecule has 2 aromatic rings. The van der Waals surface area contributed by atoms with Crippen LogP contribution in [-0.4, -0.2) is 29.3 Å². The van der Waals surface area contributed by atoms with Crippen LogP contribution in [0.25, 0.3) is 10.8 Å². The molecule has 2 rings (SSSR count). The third-order valence-corrected chi connectivity index (χ3v) is 4.73. The van der Waals surface area contributed by atoms with E-state index in [9.17, 15) is 4.79 Å². The molecule has 0 aliphatic rings. The summed E-state index contributed by atoms with van der Waals surface area (Å²) in [7, 11) is 0.189. The Morgan fingerprint density at radius 3 is 2.62 bits per heavy atom. The Morgan fingerprint density at radius 1 is 1.19 bits per heavy atom. The first-order valence-corrected chi connectivity index (χ1v) is 9.53. The number of fused-ring (bicyclic) bond motifs is 1. The van der Waals surface area contributed by atoms with Gasteiger partial charge < -0.3 is 4.84 Å². The van der Waals surface area contributed by atoms with Gasteiger partial charge in [0.15, 0.2) is 10.8 Å². The Balaban J connectivity index is 2.29. The van der Waals surface area contributed by atoms with Crippen molar-refractivity contribution in [1.82, 2.24) is 0 Å². The smallest absolute Gasteiger partial charge is 0.318 e. The highest BCUT2D eigenvalue weighted by molar-refractivity contribution is 8.15. The maximum atomic E-state index is 11.0. The number of carbonyl (C=O) groups excluding carboxylic acids is 1. The van der Waals surface area contributed by atoms with Gasteiger partial charge in [-0.2, -0.15) is 0 Å². The molecule has 2 aromatic carbocycles. The summed E-state index contributed by atoms with van der Waals surface area (Å²) in [6, 6.07) is 14.4. The molecular formula is C16H18NO2S2+. The molecule has 0 heterocycles. The van der Waals surface area contributed by atoms with Crippen LogP contribution < -0.4 is 0 Å². The molecule has 0 aliphatic carbocycles. The van der Waals surface area contributed by atoms with E-state index in [1.807, 2.05) is 18.2 Å². The summed E-state index contributed by atoms with van der Waals surface area (Å²) < 4.78 is 0. The van der Waals surface area contributed by atoms with E-state index in [1.54, 1.807) is 11.8 Å². The molecule has 3 nitrogen and oxygen atoms in total. The number of nitrogens with zero attached hydrogens (tertiary/aromatic N) is 1. The first kappa shape index (κ1) is 15.9. The van der Waals surface area contributed by atoms with Crippen LogP contribution in [0.1, 0.15) is 6.92 Å². The largest absolute Gasteiger partial charge is 0.332 e. The summed E-state index contributed by atoms with van der Waals surface area (Å²) >= 11 is 1.57. The first-order chi connectivity index (χ1) is 10.1. The predicted octanol–water partition coefficient (Wildman–Crippen LogP) is 3.69. The van der Waals surface area contributed by atoms with Crippen molar-refractivity contribution >= 4 is 44.4 Å². The molecule has 0 aliphatic heterocycles. The van der Waals surface area contributed by atoms with Crippen LogP contribution >= 0.6 is 11.8 Å². The zero-order valence-corrected chi connectivity index (χ0v) is 14.0. The molecule has 21 heavy (non-hydrogen) atoms. The molecule has 0 saturated carbocycles. The van der Waals surface area contributed by atoms with Crippen LogP contribution in [0, 0.1) is 0 Å². The van der Waals surface area contributed by atoms with Gasteiger partial charge in [0.2, 0.25) is 0 Å². The van der Waals surface area contributed by atoms with Gasteiger partial charge in [0.05, 0.1) is 12.5 Å². The van der Waals surface area contributed by atoms with E-state index in [2.05, 4.69) is 41.9 Å². The van der Waals surface area contributed by atoms with Crippen LogP contribution in [0.4, 0.5) is 0 Å². The first-order valence-electron chi connectivity index (χ1n) is 6.50. The van der Waals surface area contributed by atoms with Crippen molar-refractivity contribution in [3.05, 3.63) is 42.5 Å². The lowest BCUT2D eigenvalue weighted by Crippen LogP contribution is -2.12. The molecule has 0 unspecified atom stereocenters. The van der Waals surface area contributed by atoms with Gasteiger partial charge in [-0.25, -0.2) is 4.79 Å². The average Bonchev–Trinajstić information content (AvgIpc) is 2.44. The lowest BCUT2D eigenvalue weighted by Gasteiger charge is -2.07. The van der Waals surface area contributed by atoms with E-state index in [0.717, 1.165) is 15.7 Å². The number of thioether (sulfide) groups is 1. The molecule has 110 valence electrons. The minimum atomic E-state index is -0.391. The molecule has 0 saturated heterocycles. The summed E-state index contributed by atoms with van der Waals surface area (Å²) in [5.41, 5.74) is 0. The SMILES string of the molecule is CC(=O)ON=C(C[S+](C)C)Sc1cccc2ccccc12. The van der Waals surface area contributed by atoms with Gasteiger partial charge in [-0.1, -0.05) is 53.3 Å². The standard InChI is InChI=1S/C16H18NO2S2/c1-12(18)19-17-16(11-21(2)3)20-15-10-6-8-13-7-4-5-9-14(13)15/h4-10H,11H2,1-3H3/q+1. The number of rotatable bonds is 4. The molecule has 0 radical (unpaired) electrons. The van der Waals surface area contributed by atoms with Gasteiger partial charge in [-0.05, 0) is 27.7 Å². The lowest BCUT2D eigenvalue weighted by atomic mass is 10.1. The third kappa shape index (κ3) is 4.79. The maximum absolute atomic E-state index is 11.0. The van der Waals surface area contributed by atoms with Crippen molar-refractivity contribution in [3.8, 4) is 0 Å². The number of hydrogen-bond acceptors (Lipinski definition) is 4. The van der Waals surface area contributed by atoms with Gasteiger partial charge in [0, 0.05) is 11.8 Å². The van der Waals surface area contributed by atoms with Crippen molar-refractivity contribution in [2.45, 2.75) is 11.8 Å². The Kier molecular flexibility index (Phi) is 5.70. The van der Waals surface area contributed by atoms with E-state index < -0.39 is 5.97 Å². The van der Waals surface area contributed by atoms with E-state index in [0.29, 0.717) is 0 Å². The number of benzene rings is 2. The van der Waals surface area contributed by atoms with Crippen molar-refractivity contribution < 1.29 is 9.63 Å². The minimum absolute atomic E-state index is 0.189. The molecule has 0 atom stereocenters. The second kappa shape index (κ2) is 7.52. The van der Waals surface area contributed by atoms with E-state index in [4.69, 9.17) is 4.84 Å². The van der Waals surface area contributed by atoms with E-state index in [1.165, 1.54) is 17.7 Å². The number of carbonyl (C=O) groups is 1.